The Hall–Kier alpha value is -0.280. The van der Waals surface area contributed by atoms with Gasteiger partial charge in [0.25, 0.3) is 0 Å². The van der Waals surface area contributed by atoms with E-state index < -0.39 is 11.2 Å². The molecule has 0 spiro atoms. The lowest BCUT2D eigenvalue weighted by Crippen LogP contribution is -2.48. The smallest absolute Gasteiger partial charge is 0.0998 e. The van der Waals surface area contributed by atoms with Gasteiger partial charge in [0.2, 0.25) is 0 Å². The lowest BCUT2D eigenvalue weighted by molar-refractivity contribution is -0.125. The van der Waals surface area contributed by atoms with Crippen LogP contribution in [0.15, 0.2) is 18.2 Å². The van der Waals surface area contributed by atoms with Gasteiger partial charge in [-0.25, -0.2) is 0 Å². The molecule has 1 saturated heterocycles. The quantitative estimate of drug-likeness (QED) is 0.885. The summed E-state index contributed by atoms with van der Waals surface area (Å²) in [6.07, 6.45) is 0.999. The fourth-order valence-electron chi connectivity index (χ4n) is 3.01. The first-order valence-electron chi connectivity index (χ1n) is 6.42. The highest BCUT2D eigenvalue weighted by atomic mass is 35.5. The number of benzene rings is 1. The molecule has 1 atom stereocenters. The molecule has 2 nitrogen and oxygen atoms in total. The fraction of sp³-hybridized carbons (Fsp3) is 0.600. The number of rotatable bonds is 2. The van der Waals surface area contributed by atoms with E-state index in [4.69, 9.17) is 27.9 Å². The summed E-state index contributed by atoms with van der Waals surface area (Å²) in [6, 6.07) is 5.49. The maximum absolute atomic E-state index is 11.0. The van der Waals surface area contributed by atoms with Crippen molar-refractivity contribution in [3.05, 3.63) is 33.8 Å². The fourth-order valence-corrected chi connectivity index (χ4v) is 3.40. The first-order valence-corrected chi connectivity index (χ1v) is 7.17. The summed E-state index contributed by atoms with van der Waals surface area (Å²) in [4.78, 5) is 0. The average Bonchev–Trinajstić information content (AvgIpc) is 2.38. The zero-order valence-corrected chi connectivity index (χ0v) is 13.3. The molecule has 1 heterocycles. The molecule has 1 N–H and O–H groups in total. The van der Waals surface area contributed by atoms with Crippen LogP contribution in [0.1, 0.15) is 39.7 Å². The van der Waals surface area contributed by atoms with E-state index in [1.807, 2.05) is 39.8 Å². The Morgan fingerprint density at radius 1 is 1.21 bits per heavy atom. The largest absolute Gasteiger partial charge is 0.386 e. The van der Waals surface area contributed by atoms with E-state index in [0.29, 0.717) is 22.9 Å². The molecular weight excluding hydrogens is 283 g/mol. The summed E-state index contributed by atoms with van der Waals surface area (Å²) in [5.74, 6) is 0. The second kappa shape index (κ2) is 4.63. The van der Waals surface area contributed by atoms with Crippen molar-refractivity contribution in [1.82, 2.24) is 0 Å². The van der Waals surface area contributed by atoms with Crippen LogP contribution in [0.25, 0.3) is 0 Å². The molecular formula is C15H20Cl2O2. The maximum Gasteiger partial charge on any atom is 0.0998 e. The molecule has 1 aliphatic rings. The molecule has 2 rings (SSSR count). The molecule has 1 aromatic carbocycles. The topological polar surface area (TPSA) is 29.5 Å². The monoisotopic (exact) mass is 302 g/mol. The molecule has 0 aromatic heterocycles. The Balaban J connectivity index is 2.34. The van der Waals surface area contributed by atoms with Gasteiger partial charge in [-0.1, -0.05) is 35.3 Å². The summed E-state index contributed by atoms with van der Waals surface area (Å²) in [6.45, 7) is 7.82. The Morgan fingerprint density at radius 3 is 2.37 bits per heavy atom. The second-order valence-electron chi connectivity index (χ2n) is 6.47. The summed E-state index contributed by atoms with van der Waals surface area (Å²) in [5, 5.41) is 12.0. The van der Waals surface area contributed by atoms with E-state index in [0.717, 1.165) is 5.56 Å². The van der Waals surface area contributed by atoms with Gasteiger partial charge in [0, 0.05) is 12.8 Å². The minimum Gasteiger partial charge on any atom is -0.386 e. The predicted octanol–water partition coefficient (Wildman–Crippen LogP) is 4.24. The molecule has 106 valence electrons. The van der Waals surface area contributed by atoms with Crippen LogP contribution in [0.3, 0.4) is 0 Å². The highest BCUT2D eigenvalue weighted by molar-refractivity contribution is 6.42. The van der Waals surface area contributed by atoms with Gasteiger partial charge in [-0.15, -0.1) is 0 Å². The SMILES string of the molecule is CC1(C)CC(O)(Cc2cccc(Cl)c2Cl)C(C)(C)O1. The highest BCUT2D eigenvalue weighted by Gasteiger charge is 2.56. The standard InChI is InChI=1S/C15H20Cl2O2/c1-13(2)9-15(18,14(3,4)19-13)8-10-6-5-7-11(16)12(10)17/h5-7,18H,8-9H2,1-4H3. The van der Waals surface area contributed by atoms with E-state index in [1.54, 1.807) is 6.07 Å². The van der Waals surface area contributed by atoms with Crippen molar-refractivity contribution in [2.45, 2.75) is 57.3 Å². The predicted molar refractivity (Wildman–Crippen MR) is 79.0 cm³/mol. The van der Waals surface area contributed by atoms with Gasteiger partial charge in [-0.2, -0.15) is 0 Å². The molecule has 19 heavy (non-hydrogen) atoms. The first-order chi connectivity index (χ1) is 8.56. The van der Waals surface area contributed by atoms with Crippen molar-refractivity contribution < 1.29 is 9.84 Å². The third kappa shape index (κ3) is 2.78. The molecule has 0 amide bonds. The maximum atomic E-state index is 11.0. The number of hydrogen-bond acceptors (Lipinski definition) is 2. The van der Waals surface area contributed by atoms with E-state index >= 15 is 0 Å². The summed E-state index contributed by atoms with van der Waals surface area (Å²) < 4.78 is 5.97. The molecule has 4 heteroatoms. The van der Waals surface area contributed by atoms with E-state index in [1.165, 1.54) is 0 Å². The van der Waals surface area contributed by atoms with Crippen molar-refractivity contribution in [1.29, 1.82) is 0 Å². The number of halogens is 2. The van der Waals surface area contributed by atoms with E-state index in [9.17, 15) is 5.11 Å². The highest BCUT2D eigenvalue weighted by Crippen LogP contribution is 2.47. The number of aliphatic hydroxyl groups is 1. The Morgan fingerprint density at radius 2 is 1.84 bits per heavy atom. The molecule has 1 aromatic rings. The van der Waals surface area contributed by atoms with Crippen molar-refractivity contribution in [3.8, 4) is 0 Å². The van der Waals surface area contributed by atoms with Crippen LogP contribution < -0.4 is 0 Å². The normalized spacial score (nSPS) is 28.6. The Labute approximate surface area is 124 Å². The van der Waals surface area contributed by atoms with E-state index in [-0.39, 0.29) is 5.60 Å². The van der Waals surface area contributed by atoms with E-state index in [2.05, 4.69) is 0 Å². The molecule has 1 unspecified atom stereocenters. The van der Waals surface area contributed by atoms with Gasteiger partial charge >= 0.3 is 0 Å². The number of hydrogen-bond donors (Lipinski definition) is 1. The van der Waals surface area contributed by atoms with Gasteiger partial charge in [0.1, 0.15) is 0 Å². The zero-order valence-electron chi connectivity index (χ0n) is 11.8. The zero-order chi connectivity index (χ0) is 14.5. The third-order valence-electron chi connectivity index (χ3n) is 3.88. The summed E-state index contributed by atoms with van der Waals surface area (Å²) >= 11 is 12.2. The average molecular weight is 303 g/mol. The molecule has 0 bridgehead atoms. The van der Waals surface area contributed by atoms with Gasteiger partial charge in [0.15, 0.2) is 0 Å². The van der Waals surface area contributed by atoms with Gasteiger partial charge < -0.3 is 9.84 Å². The molecule has 0 aliphatic carbocycles. The minimum absolute atomic E-state index is 0.344. The van der Waals surface area contributed by atoms with Gasteiger partial charge in [-0.3, -0.25) is 0 Å². The van der Waals surface area contributed by atoms with Crippen LogP contribution in [-0.4, -0.2) is 21.9 Å². The van der Waals surface area contributed by atoms with Crippen LogP contribution >= 0.6 is 23.2 Å². The lowest BCUT2D eigenvalue weighted by atomic mass is 9.78. The first kappa shape index (κ1) is 15.1. The summed E-state index contributed by atoms with van der Waals surface area (Å²) in [7, 11) is 0. The molecule has 0 radical (unpaired) electrons. The van der Waals surface area contributed by atoms with Crippen molar-refractivity contribution in [2.75, 3.05) is 0 Å². The lowest BCUT2D eigenvalue weighted by Gasteiger charge is -2.35. The Kier molecular flexibility index (Phi) is 3.68. The van der Waals surface area contributed by atoms with Crippen LogP contribution in [0.4, 0.5) is 0 Å². The third-order valence-corrected chi connectivity index (χ3v) is 4.74. The second-order valence-corrected chi connectivity index (χ2v) is 7.26. The molecule has 0 saturated carbocycles. The van der Waals surface area contributed by atoms with Crippen LogP contribution in [0.2, 0.25) is 10.0 Å². The van der Waals surface area contributed by atoms with Crippen molar-refractivity contribution in [2.24, 2.45) is 0 Å². The minimum atomic E-state index is -0.954. The Bertz CT molecular complexity index is 497. The summed E-state index contributed by atoms with van der Waals surface area (Å²) in [5.41, 5.74) is -1.07. The van der Waals surface area contributed by atoms with Gasteiger partial charge in [0.05, 0.1) is 26.8 Å². The van der Waals surface area contributed by atoms with Crippen molar-refractivity contribution >= 4 is 23.2 Å². The van der Waals surface area contributed by atoms with Crippen molar-refractivity contribution in [3.63, 3.8) is 0 Å². The number of ether oxygens (including phenoxy) is 1. The van der Waals surface area contributed by atoms with Gasteiger partial charge in [-0.05, 0) is 39.3 Å². The van der Waals surface area contributed by atoms with Crippen LogP contribution in [0, 0.1) is 0 Å². The molecule has 1 fully saturated rings. The van der Waals surface area contributed by atoms with Crippen LogP contribution in [-0.2, 0) is 11.2 Å². The molecule has 1 aliphatic heterocycles. The van der Waals surface area contributed by atoms with Crippen LogP contribution in [0.5, 0.6) is 0 Å².